The van der Waals surface area contributed by atoms with Crippen LogP contribution in [0, 0.1) is 0 Å². The van der Waals surface area contributed by atoms with Gasteiger partial charge in [0.15, 0.2) is 11.5 Å². The molecule has 2 aromatic rings. The number of carbonyl (C=O) groups excluding carboxylic acids is 1. The van der Waals surface area contributed by atoms with Crippen LogP contribution in [0.5, 0.6) is 11.5 Å². The highest BCUT2D eigenvalue weighted by molar-refractivity contribution is 5.74. The number of methoxy groups -OCH3 is 2. The van der Waals surface area contributed by atoms with Gasteiger partial charge in [-0.2, -0.15) is 0 Å². The van der Waals surface area contributed by atoms with Crippen LogP contribution in [0.3, 0.4) is 0 Å². The van der Waals surface area contributed by atoms with Crippen molar-refractivity contribution in [1.82, 2.24) is 15.5 Å². The van der Waals surface area contributed by atoms with Crippen molar-refractivity contribution >= 4 is 11.7 Å². The van der Waals surface area contributed by atoms with Crippen LogP contribution < -0.4 is 25.0 Å². The van der Waals surface area contributed by atoms with Gasteiger partial charge in [0.2, 0.25) is 0 Å². The van der Waals surface area contributed by atoms with E-state index in [1.54, 1.807) is 14.2 Å². The maximum atomic E-state index is 12.5. The van der Waals surface area contributed by atoms with E-state index < -0.39 is 0 Å². The fourth-order valence-electron chi connectivity index (χ4n) is 3.77. The number of benzene rings is 2. The Morgan fingerprint density at radius 3 is 2.34 bits per heavy atom. The quantitative estimate of drug-likeness (QED) is 0.622. The lowest BCUT2D eigenvalue weighted by Crippen LogP contribution is -2.45. The average Bonchev–Trinajstić information content (AvgIpc) is 2.83. The summed E-state index contributed by atoms with van der Waals surface area (Å²) >= 11 is 0. The van der Waals surface area contributed by atoms with Crippen LogP contribution in [0.25, 0.3) is 0 Å². The molecule has 0 bridgehead atoms. The lowest BCUT2D eigenvalue weighted by molar-refractivity contribution is 0.0167. The van der Waals surface area contributed by atoms with Gasteiger partial charge in [-0.3, -0.25) is 4.90 Å². The number of hydrogen-bond acceptors (Lipinski definition) is 6. The molecule has 0 aromatic heterocycles. The second kappa shape index (κ2) is 11.6. The van der Waals surface area contributed by atoms with Crippen molar-refractivity contribution in [2.24, 2.45) is 0 Å². The number of morpholine rings is 1. The lowest BCUT2D eigenvalue weighted by atomic mass is 10.0. The van der Waals surface area contributed by atoms with Crippen molar-refractivity contribution in [1.29, 1.82) is 0 Å². The molecule has 8 heteroatoms. The highest BCUT2D eigenvalue weighted by Crippen LogP contribution is 2.27. The van der Waals surface area contributed by atoms with Crippen LogP contribution >= 0.6 is 0 Å². The topological polar surface area (TPSA) is 75.3 Å². The predicted octanol–water partition coefficient (Wildman–Crippen LogP) is 2.64. The first-order chi connectivity index (χ1) is 15.5. The molecule has 0 saturated carbocycles. The van der Waals surface area contributed by atoms with Crippen LogP contribution in [0.2, 0.25) is 0 Å². The Bertz CT molecular complexity index is 867. The zero-order chi connectivity index (χ0) is 22.9. The third-order valence-electron chi connectivity index (χ3n) is 5.64. The van der Waals surface area contributed by atoms with Gasteiger partial charge in [-0.15, -0.1) is 0 Å². The number of nitrogens with zero attached hydrogens (tertiary/aromatic N) is 2. The summed E-state index contributed by atoms with van der Waals surface area (Å²) in [5.74, 6) is 1.30. The molecular weight excluding hydrogens is 408 g/mol. The summed E-state index contributed by atoms with van der Waals surface area (Å²) in [4.78, 5) is 17.0. The Hall–Kier alpha value is -2.97. The monoisotopic (exact) mass is 442 g/mol. The van der Waals surface area contributed by atoms with Crippen LogP contribution in [0.15, 0.2) is 42.5 Å². The Morgan fingerprint density at radius 2 is 1.72 bits per heavy atom. The minimum Gasteiger partial charge on any atom is -0.493 e. The molecule has 8 nitrogen and oxygen atoms in total. The Morgan fingerprint density at radius 1 is 1.03 bits per heavy atom. The van der Waals surface area contributed by atoms with Gasteiger partial charge in [0.25, 0.3) is 0 Å². The van der Waals surface area contributed by atoms with E-state index in [0.717, 1.165) is 24.3 Å². The summed E-state index contributed by atoms with van der Waals surface area (Å²) in [5, 5.41) is 5.96. The Balaban J connectivity index is 1.60. The summed E-state index contributed by atoms with van der Waals surface area (Å²) in [7, 11) is 7.25. The number of urea groups is 1. The standard InChI is InChI=1S/C24H34N4O4/c1-27(2)20-8-6-19(7-9-20)21(28-11-13-32-14-12-28)17-26-24(29)25-16-18-5-10-22(30-3)23(15-18)31-4/h5-10,15,21H,11-14,16-17H2,1-4H3,(H2,25,26,29). The summed E-state index contributed by atoms with van der Waals surface area (Å²) < 4.78 is 16.1. The third kappa shape index (κ3) is 6.27. The second-order valence-electron chi connectivity index (χ2n) is 7.90. The van der Waals surface area contributed by atoms with Gasteiger partial charge in [0.1, 0.15) is 0 Å². The van der Waals surface area contributed by atoms with Crippen LogP contribution in [0.1, 0.15) is 17.2 Å². The van der Waals surface area contributed by atoms with Crippen molar-refractivity contribution < 1.29 is 19.0 Å². The van der Waals surface area contributed by atoms with Gasteiger partial charge >= 0.3 is 6.03 Å². The van der Waals surface area contributed by atoms with E-state index in [4.69, 9.17) is 14.2 Å². The van der Waals surface area contributed by atoms with Gasteiger partial charge in [-0.25, -0.2) is 4.79 Å². The van der Waals surface area contributed by atoms with Crippen molar-refractivity contribution in [3.63, 3.8) is 0 Å². The van der Waals surface area contributed by atoms with E-state index in [1.165, 1.54) is 5.56 Å². The molecule has 1 heterocycles. The minimum absolute atomic E-state index is 0.0851. The molecule has 2 aromatic carbocycles. The number of nitrogens with one attached hydrogen (secondary N) is 2. The van der Waals surface area contributed by atoms with Gasteiger partial charge in [-0.1, -0.05) is 18.2 Å². The largest absolute Gasteiger partial charge is 0.493 e. The van der Waals surface area contributed by atoms with E-state index in [-0.39, 0.29) is 12.1 Å². The fourth-order valence-corrected chi connectivity index (χ4v) is 3.77. The molecule has 2 N–H and O–H groups in total. The van der Waals surface area contributed by atoms with Gasteiger partial charge in [0, 0.05) is 46.0 Å². The van der Waals surface area contributed by atoms with Crippen LogP contribution in [0.4, 0.5) is 10.5 Å². The number of carbonyl (C=O) groups is 1. The first-order valence-electron chi connectivity index (χ1n) is 10.8. The molecule has 0 spiro atoms. The fraction of sp³-hybridized carbons (Fsp3) is 0.458. The lowest BCUT2D eigenvalue weighted by Gasteiger charge is -2.35. The third-order valence-corrected chi connectivity index (χ3v) is 5.64. The second-order valence-corrected chi connectivity index (χ2v) is 7.90. The minimum atomic E-state index is -0.206. The van der Waals surface area contributed by atoms with E-state index in [0.29, 0.717) is 37.8 Å². The first-order valence-corrected chi connectivity index (χ1v) is 10.8. The SMILES string of the molecule is COc1ccc(CNC(=O)NCC(c2ccc(N(C)C)cc2)N2CCOCC2)cc1OC. The van der Waals surface area contributed by atoms with Crippen molar-refractivity contribution in [2.75, 3.05) is 66.1 Å². The molecule has 1 aliphatic heterocycles. The molecule has 1 aliphatic rings. The maximum absolute atomic E-state index is 12.5. The zero-order valence-corrected chi connectivity index (χ0v) is 19.4. The van der Waals surface area contributed by atoms with Gasteiger partial charge in [-0.05, 0) is 35.4 Å². The molecule has 0 radical (unpaired) electrons. The molecule has 174 valence electrons. The molecule has 32 heavy (non-hydrogen) atoms. The summed E-state index contributed by atoms with van der Waals surface area (Å²) in [6, 6.07) is 14.0. The summed E-state index contributed by atoms with van der Waals surface area (Å²) in [6.45, 7) is 4.00. The van der Waals surface area contributed by atoms with E-state index in [2.05, 4.69) is 44.7 Å². The maximum Gasteiger partial charge on any atom is 0.315 e. The average molecular weight is 443 g/mol. The van der Waals surface area contributed by atoms with E-state index in [9.17, 15) is 4.79 Å². The molecular formula is C24H34N4O4. The number of anilines is 1. The smallest absolute Gasteiger partial charge is 0.315 e. The predicted molar refractivity (Wildman–Crippen MR) is 126 cm³/mol. The van der Waals surface area contributed by atoms with E-state index >= 15 is 0 Å². The first kappa shape index (κ1) is 23.7. The highest BCUT2D eigenvalue weighted by atomic mass is 16.5. The normalized spacial score (nSPS) is 15.0. The Kier molecular flexibility index (Phi) is 8.58. The molecule has 2 amide bonds. The molecule has 0 aliphatic carbocycles. The number of amides is 2. The van der Waals surface area contributed by atoms with Gasteiger partial charge in [0.05, 0.1) is 33.5 Å². The summed E-state index contributed by atoms with van der Waals surface area (Å²) in [5.41, 5.74) is 3.26. The molecule has 1 unspecified atom stereocenters. The number of ether oxygens (including phenoxy) is 3. The highest BCUT2D eigenvalue weighted by Gasteiger charge is 2.23. The summed E-state index contributed by atoms with van der Waals surface area (Å²) in [6.07, 6.45) is 0. The van der Waals surface area contributed by atoms with Crippen LogP contribution in [-0.4, -0.2) is 72.1 Å². The van der Waals surface area contributed by atoms with Crippen molar-refractivity contribution in [3.8, 4) is 11.5 Å². The Labute approximate surface area is 190 Å². The molecule has 1 saturated heterocycles. The molecule has 1 fully saturated rings. The van der Waals surface area contributed by atoms with E-state index in [1.807, 2.05) is 32.3 Å². The zero-order valence-electron chi connectivity index (χ0n) is 19.4. The van der Waals surface area contributed by atoms with Gasteiger partial charge < -0.3 is 29.7 Å². The number of rotatable bonds is 9. The van der Waals surface area contributed by atoms with Crippen LogP contribution in [-0.2, 0) is 11.3 Å². The molecule has 3 rings (SSSR count). The van der Waals surface area contributed by atoms with Crippen molar-refractivity contribution in [2.45, 2.75) is 12.6 Å². The molecule has 1 atom stereocenters. The van der Waals surface area contributed by atoms with Crippen molar-refractivity contribution in [3.05, 3.63) is 53.6 Å². The number of hydrogen-bond donors (Lipinski definition) is 2.